The van der Waals surface area contributed by atoms with E-state index in [9.17, 15) is 4.79 Å². The lowest BCUT2D eigenvalue weighted by Gasteiger charge is -2.29. The molecule has 82 valence electrons. The fourth-order valence-corrected chi connectivity index (χ4v) is 2.15. The summed E-state index contributed by atoms with van der Waals surface area (Å²) in [6, 6.07) is 0.451. The molecule has 1 aliphatic heterocycles. The molecular formula is C10H21N3O. The zero-order chi connectivity index (χ0) is 10.9. The molecule has 0 bridgehead atoms. The zero-order valence-corrected chi connectivity index (χ0v) is 9.82. The number of urea groups is 1. The molecule has 0 aromatic carbocycles. The Bertz CT molecular complexity index is 217. The number of amides is 2. The SMILES string of the molecule is CC1CN(C)CC1N(C)C(=O)N(C)C. The third-order valence-corrected chi connectivity index (χ3v) is 2.94. The highest BCUT2D eigenvalue weighted by Gasteiger charge is 2.33. The molecule has 0 aromatic heterocycles. The minimum atomic E-state index is 0.0946. The first kappa shape index (κ1) is 11.3. The smallest absolute Gasteiger partial charge is 0.319 e. The summed E-state index contributed by atoms with van der Waals surface area (Å²) in [5.41, 5.74) is 0. The topological polar surface area (TPSA) is 26.8 Å². The fraction of sp³-hybridized carbons (Fsp3) is 0.900. The van der Waals surface area contributed by atoms with E-state index in [4.69, 9.17) is 0 Å². The average Bonchev–Trinajstić information content (AvgIpc) is 2.42. The average molecular weight is 199 g/mol. The maximum Gasteiger partial charge on any atom is 0.319 e. The summed E-state index contributed by atoms with van der Waals surface area (Å²) in [6.45, 7) is 4.26. The number of likely N-dealkylation sites (N-methyl/N-ethyl adjacent to an activating group) is 2. The first-order valence-electron chi connectivity index (χ1n) is 5.06. The van der Waals surface area contributed by atoms with Crippen molar-refractivity contribution in [2.45, 2.75) is 13.0 Å². The van der Waals surface area contributed by atoms with Crippen molar-refractivity contribution >= 4 is 6.03 Å². The third kappa shape index (κ3) is 2.18. The van der Waals surface area contributed by atoms with E-state index in [1.807, 2.05) is 11.9 Å². The maximum absolute atomic E-state index is 11.7. The Morgan fingerprint density at radius 1 is 1.29 bits per heavy atom. The molecule has 0 radical (unpaired) electrons. The molecule has 1 fully saturated rings. The number of rotatable bonds is 1. The molecule has 2 unspecified atom stereocenters. The zero-order valence-electron chi connectivity index (χ0n) is 9.82. The van der Waals surface area contributed by atoms with E-state index in [2.05, 4.69) is 18.9 Å². The van der Waals surface area contributed by atoms with Gasteiger partial charge in [0.2, 0.25) is 0 Å². The van der Waals surface area contributed by atoms with Crippen LogP contribution in [0.5, 0.6) is 0 Å². The number of hydrogen-bond donors (Lipinski definition) is 0. The normalized spacial score (nSPS) is 27.8. The Hall–Kier alpha value is -0.770. The lowest BCUT2D eigenvalue weighted by atomic mass is 10.1. The summed E-state index contributed by atoms with van der Waals surface area (Å²) in [6.07, 6.45) is 0. The van der Waals surface area contributed by atoms with Crippen molar-refractivity contribution in [3.8, 4) is 0 Å². The van der Waals surface area contributed by atoms with Gasteiger partial charge in [-0.2, -0.15) is 0 Å². The molecule has 0 N–H and O–H groups in total. The molecule has 2 amide bonds. The van der Waals surface area contributed by atoms with Crippen LogP contribution < -0.4 is 0 Å². The lowest BCUT2D eigenvalue weighted by molar-refractivity contribution is 0.156. The molecule has 1 aliphatic rings. The number of carbonyl (C=O) groups excluding carboxylic acids is 1. The van der Waals surface area contributed by atoms with Crippen LogP contribution in [0.4, 0.5) is 4.79 Å². The van der Waals surface area contributed by atoms with Gasteiger partial charge in [0.1, 0.15) is 0 Å². The summed E-state index contributed by atoms with van der Waals surface area (Å²) in [7, 11) is 7.58. The van der Waals surface area contributed by atoms with Crippen LogP contribution in [-0.4, -0.2) is 68.1 Å². The summed E-state index contributed by atoms with van der Waals surface area (Å²) in [5.74, 6) is 0.564. The minimum absolute atomic E-state index is 0.0946. The van der Waals surface area contributed by atoms with Crippen LogP contribution in [0.2, 0.25) is 0 Å². The Balaban J connectivity index is 2.61. The van der Waals surface area contributed by atoms with Gasteiger partial charge in [-0.15, -0.1) is 0 Å². The summed E-state index contributed by atoms with van der Waals surface area (Å²) >= 11 is 0. The van der Waals surface area contributed by atoms with E-state index >= 15 is 0 Å². The van der Waals surface area contributed by atoms with Gasteiger partial charge in [-0.3, -0.25) is 0 Å². The highest BCUT2D eigenvalue weighted by atomic mass is 16.2. The first-order valence-corrected chi connectivity index (χ1v) is 5.06. The van der Waals surface area contributed by atoms with Crippen LogP contribution in [0.3, 0.4) is 0 Å². The quantitative estimate of drug-likeness (QED) is 0.616. The molecule has 1 heterocycles. The van der Waals surface area contributed by atoms with Crippen molar-refractivity contribution in [1.82, 2.24) is 14.7 Å². The van der Waals surface area contributed by atoms with Crippen molar-refractivity contribution in [2.24, 2.45) is 5.92 Å². The van der Waals surface area contributed by atoms with E-state index < -0.39 is 0 Å². The Labute approximate surface area is 86.5 Å². The molecule has 1 saturated heterocycles. The molecule has 0 aromatic rings. The Morgan fingerprint density at radius 3 is 2.21 bits per heavy atom. The predicted molar refractivity (Wildman–Crippen MR) is 57.3 cm³/mol. The van der Waals surface area contributed by atoms with Gasteiger partial charge in [-0.05, 0) is 13.0 Å². The molecule has 0 aliphatic carbocycles. The minimum Gasteiger partial charge on any atom is -0.331 e. The maximum atomic E-state index is 11.7. The van der Waals surface area contributed by atoms with Crippen molar-refractivity contribution in [3.05, 3.63) is 0 Å². The molecule has 4 heteroatoms. The largest absolute Gasteiger partial charge is 0.331 e. The number of carbonyl (C=O) groups is 1. The van der Waals surface area contributed by atoms with E-state index in [0.717, 1.165) is 13.1 Å². The molecule has 14 heavy (non-hydrogen) atoms. The second-order valence-corrected chi connectivity index (χ2v) is 4.55. The first-order chi connectivity index (χ1) is 6.43. The van der Waals surface area contributed by atoms with E-state index in [1.165, 1.54) is 0 Å². The second kappa shape index (κ2) is 4.17. The summed E-state index contributed by atoms with van der Waals surface area (Å²) < 4.78 is 0. The third-order valence-electron chi connectivity index (χ3n) is 2.94. The van der Waals surface area contributed by atoms with Crippen LogP contribution in [0.15, 0.2) is 0 Å². The van der Waals surface area contributed by atoms with Crippen LogP contribution in [-0.2, 0) is 0 Å². The van der Waals surface area contributed by atoms with Crippen LogP contribution in [0, 0.1) is 5.92 Å². The van der Waals surface area contributed by atoms with Gasteiger partial charge in [-0.1, -0.05) is 6.92 Å². The highest BCUT2D eigenvalue weighted by molar-refractivity contribution is 5.73. The van der Waals surface area contributed by atoms with Crippen LogP contribution in [0.25, 0.3) is 0 Å². The Kier molecular flexibility index (Phi) is 3.37. The monoisotopic (exact) mass is 199 g/mol. The molecular weight excluding hydrogens is 178 g/mol. The molecule has 1 rings (SSSR count). The predicted octanol–water partition coefficient (Wildman–Crippen LogP) is 0.550. The second-order valence-electron chi connectivity index (χ2n) is 4.55. The lowest BCUT2D eigenvalue weighted by Crippen LogP contribution is -2.46. The molecule has 0 spiro atoms. The van der Waals surface area contributed by atoms with Crippen LogP contribution in [0.1, 0.15) is 6.92 Å². The Morgan fingerprint density at radius 2 is 1.86 bits per heavy atom. The number of likely N-dealkylation sites (tertiary alicyclic amines) is 1. The molecule has 4 nitrogen and oxygen atoms in total. The molecule has 2 atom stereocenters. The van der Waals surface area contributed by atoms with Crippen molar-refractivity contribution in [1.29, 1.82) is 0 Å². The fourth-order valence-electron chi connectivity index (χ4n) is 2.15. The highest BCUT2D eigenvalue weighted by Crippen LogP contribution is 2.19. The van der Waals surface area contributed by atoms with E-state index in [0.29, 0.717) is 12.0 Å². The van der Waals surface area contributed by atoms with E-state index in [-0.39, 0.29) is 6.03 Å². The van der Waals surface area contributed by atoms with Gasteiger partial charge in [0, 0.05) is 40.3 Å². The van der Waals surface area contributed by atoms with Crippen LogP contribution >= 0.6 is 0 Å². The van der Waals surface area contributed by atoms with Gasteiger partial charge >= 0.3 is 6.03 Å². The van der Waals surface area contributed by atoms with Crippen molar-refractivity contribution < 1.29 is 4.79 Å². The van der Waals surface area contributed by atoms with Gasteiger partial charge in [0.05, 0.1) is 0 Å². The number of hydrogen-bond acceptors (Lipinski definition) is 2. The standard InChI is InChI=1S/C10H21N3O/c1-8-6-12(4)7-9(8)13(5)10(14)11(2)3/h8-9H,6-7H2,1-5H3. The van der Waals surface area contributed by atoms with Crippen molar-refractivity contribution in [3.63, 3.8) is 0 Å². The molecule has 0 saturated carbocycles. The van der Waals surface area contributed by atoms with Gasteiger partial charge in [-0.25, -0.2) is 4.79 Å². The van der Waals surface area contributed by atoms with E-state index in [1.54, 1.807) is 19.0 Å². The van der Waals surface area contributed by atoms with Gasteiger partial charge < -0.3 is 14.7 Å². The van der Waals surface area contributed by atoms with Gasteiger partial charge in [0.15, 0.2) is 0 Å². The van der Waals surface area contributed by atoms with Gasteiger partial charge in [0.25, 0.3) is 0 Å². The summed E-state index contributed by atoms with van der Waals surface area (Å²) in [4.78, 5) is 17.5. The summed E-state index contributed by atoms with van der Waals surface area (Å²) in [5, 5.41) is 0. The number of nitrogens with zero attached hydrogens (tertiary/aromatic N) is 3. The van der Waals surface area contributed by atoms with Crippen molar-refractivity contribution in [2.75, 3.05) is 41.3 Å².